The van der Waals surface area contributed by atoms with E-state index >= 15 is 0 Å². The van der Waals surface area contributed by atoms with Gasteiger partial charge in [0.15, 0.2) is 0 Å². The van der Waals surface area contributed by atoms with Gasteiger partial charge in [-0.15, -0.1) is 0 Å². The van der Waals surface area contributed by atoms with Crippen LogP contribution in [0.15, 0.2) is 59.6 Å². The maximum absolute atomic E-state index is 12.7. The molecule has 0 radical (unpaired) electrons. The zero-order valence-corrected chi connectivity index (χ0v) is 22.6. The van der Waals surface area contributed by atoms with E-state index in [4.69, 9.17) is 6.11 Å². The van der Waals surface area contributed by atoms with Crippen LogP contribution in [0.1, 0.15) is 40.5 Å². The van der Waals surface area contributed by atoms with Crippen LogP contribution >= 0.6 is 0 Å². The number of rotatable bonds is 10. The molecule has 9 nitrogen and oxygen atoms in total. The van der Waals surface area contributed by atoms with Gasteiger partial charge in [0.05, 0.1) is 4.90 Å². The van der Waals surface area contributed by atoms with Crippen LogP contribution in [0.25, 0.3) is 0 Å². The Bertz CT molecular complexity index is 1340. The number of ether oxygens (including phenoxy) is 1. The third kappa shape index (κ3) is 7.88. The Morgan fingerprint density at radius 2 is 1.78 bits per heavy atom. The molecule has 0 aliphatic carbocycles. The minimum atomic E-state index is -3.67. The van der Waals surface area contributed by atoms with E-state index < -0.39 is 15.6 Å². The van der Waals surface area contributed by atoms with Gasteiger partial charge in [0.2, 0.25) is 16.0 Å². The molecule has 1 fully saturated rings. The summed E-state index contributed by atoms with van der Waals surface area (Å²) in [6.45, 7) is 9.19. The predicted molar refractivity (Wildman–Crippen MR) is 147 cm³/mol. The maximum Gasteiger partial charge on any atom is 0.241 e. The smallest absolute Gasteiger partial charge is 0.241 e. The summed E-state index contributed by atoms with van der Waals surface area (Å²) < 4.78 is 42.2. The normalized spacial score (nSPS) is 15.7. The first-order valence-corrected chi connectivity index (χ1v) is 13.9. The van der Waals surface area contributed by atoms with Gasteiger partial charge in [-0.3, -0.25) is 4.90 Å². The molecule has 2 heterocycles. The number of hydrogen-bond acceptors (Lipinski definition) is 8. The molecule has 37 heavy (non-hydrogen) atoms. The van der Waals surface area contributed by atoms with Gasteiger partial charge < -0.3 is 15.4 Å². The highest BCUT2D eigenvalue weighted by atomic mass is 32.2. The lowest BCUT2D eigenvalue weighted by atomic mass is 10.1. The largest absolute Gasteiger partial charge is 0.492 e. The van der Waals surface area contributed by atoms with Crippen molar-refractivity contribution in [2.24, 2.45) is 0 Å². The summed E-state index contributed by atoms with van der Waals surface area (Å²) in [6, 6.07) is 14.1. The van der Waals surface area contributed by atoms with Crippen molar-refractivity contribution in [3.05, 3.63) is 60.3 Å². The van der Waals surface area contributed by atoms with Crippen LogP contribution in [-0.2, 0) is 10.0 Å². The Morgan fingerprint density at radius 3 is 2.49 bits per heavy atom. The van der Waals surface area contributed by atoms with Crippen LogP contribution in [0.2, 0.25) is 0 Å². The van der Waals surface area contributed by atoms with Gasteiger partial charge in [-0.2, -0.15) is 4.98 Å². The first-order valence-electron chi connectivity index (χ1n) is 13.0. The van der Waals surface area contributed by atoms with Crippen LogP contribution in [0.3, 0.4) is 0 Å². The van der Waals surface area contributed by atoms with E-state index in [1.165, 1.54) is 0 Å². The van der Waals surface area contributed by atoms with Gasteiger partial charge in [0, 0.05) is 36.6 Å². The Balaban J connectivity index is 1.40. The van der Waals surface area contributed by atoms with E-state index in [0.29, 0.717) is 29.8 Å². The van der Waals surface area contributed by atoms with Crippen molar-refractivity contribution in [3.8, 4) is 5.75 Å². The Labute approximate surface area is 221 Å². The molecule has 1 unspecified atom stereocenters. The molecule has 1 aromatic heterocycles. The maximum atomic E-state index is 12.7. The SMILES string of the molecule is [2H]C(COc1ccc(Nc2ncc(C)c(Nc3cccc(S(=O)(=O)NC(C)(C)C)c3)n2)cc1)N1CCCC1. The highest BCUT2D eigenvalue weighted by Gasteiger charge is 2.22. The Kier molecular flexibility index (Phi) is 7.87. The van der Waals surface area contributed by atoms with E-state index in [1.54, 1.807) is 51.2 Å². The number of benzene rings is 2. The lowest BCUT2D eigenvalue weighted by Gasteiger charge is -2.20. The van der Waals surface area contributed by atoms with Gasteiger partial charge in [0.1, 0.15) is 18.2 Å². The molecule has 2 aromatic carbocycles. The van der Waals surface area contributed by atoms with Crippen molar-refractivity contribution in [1.29, 1.82) is 0 Å². The second-order valence-electron chi connectivity index (χ2n) is 10.1. The molecule has 3 N–H and O–H groups in total. The molecule has 10 heteroatoms. The molecule has 0 amide bonds. The van der Waals surface area contributed by atoms with Crippen molar-refractivity contribution in [2.75, 3.05) is 36.9 Å². The molecule has 1 saturated heterocycles. The van der Waals surface area contributed by atoms with Crippen LogP contribution in [0, 0.1) is 6.92 Å². The number of aromatic nitrogens is 2. The summed E-state index contributed by atoms with van der Waals surface area (Å²) in [6.07, 6.45) is 4.00. The molecule has 0 spiro atoms. The highest BCUT2D eigenvalue weighted by molar-refractivity contribution is 7.89. The Morgan fingerprint density at radius 1 is 1.05 bits per heavy atom. The number of likely N-dealkylation sites (tertiary alicyclic amines) is 1. The molecule has 0 bridgehead atoms. The molecule has 198 valence electrons. The van der Waals surface area contributed by atoms with Crippen molar-refractivity contribution in [1.82, 2.24) is 19.6 Å². The molecule has 1 atom stereocenters. The summed E-state index contributed by atoms with van der Waals surface area (Å²) in [5, 5.41) is 6.39. The molecule has 1 aliphatic heterocycles. The lowest BCUT2D eigenvalue weighted by molar-refractivity contribution is 0.238. The second kappa shape index (κ2) is 11.5. The molecule has 3 aromatic rings. The van der Waals surface area contributed by atoms with Crippen molar-refractivity contribution < 1.29 is 14.5 Å². The molecular formula is C27H36N6O3S. The number of nitrogens with one attached hydrogen (secondary N) is 3. The summed E-state index contributed by atoms with van der Waals surface area (Å²) in [4.78, 5) is 11.3. The van der Waals surface area contributed by atoms with E-state index in [-0.39, 0.29) is 11.4 Å². The first-order chi connectivity index (χ1) is 18.0. The zero-order valence-electron chi connectivity index (χ0n) is 22.8. The summed E-state index contributed by atoms with van der Waals surface area (Å²) in [5.41, 5.74) is 1.60. The summed E-state index contributed by atoms with van der Waals surface area (Å²) in [7, 11) is -3.67. The minimum absolute atomic E-state index is 0.168. The number of aryl methyl sites for hydroxylation is 1. The zero-order chi connectivity index (χ0) is 27.3. The van der Waals surface area contributed by atoms with Crippen molar-refractivity contribution in [3.63, 3.8) is 0 Å². The first kappa shape index (κ1) is 25.4. The summed E-state index contributed by atoms with van der Waals surface area (Å²) in [5.74, 6) is 1.66. The standard InChI is InChI=1S/C27H36N6O3S/c1-20-19-28-26(30-21-10-12-23(13-11-21)36-17-16-33-14-5-6-15-33)31-25(20)29-22-8-7-9-24(18-22)37(34,35)32-27(2,3)4/h7-13,18-19,32H,5-6,14-17H2,1-4H3,(H2,28,29,30,31)/i16D. The monoisotopic (exact) mass is 525 g/mol. The fourth-order valence-corrected chi connectivity index (χ4v) is 5.36. The van der Waals surface area contributed by atoms with E-state index in [2.05, 4.69) is 30.2 Å². The van der Waals surface area contributed by atoms with Gasteiger partial charge in [-0.05, 0) is 96.1 Å². The van der Waals surface area contributed by atoms with Gasteiger partial charge in [0.25, 0.3) is 0 Å². The van der Waals surface area contributed by atoms with E-state index in [9.17, 15) is 8.42 Å². The third-order valence-corrected chi connectivity index (χ3v) is 7.41. The van der Waals surface area contributed by atoms with Crippen LogP contribution < -0.4 is 20.1 Å². The third-order valence-electron chi connectivity index (χ3n) is 5.65. The van der Waals surface area contributed by atoms with Crippen molar-refractivity contribution in [2.45, 2.75) is 51.0 Å². The topological polar surface area (TPSA) is 108 Å². The lowest BCUT2D eigenvalue weighted by Crippen LogP contribution is -2.40. The molecule has 0 saturated carbocycles. The summed E-state index contributed by atoms with van der Waals surface area (Å²) >= 11 is 0. The highest BCUT2D eigenvalue weighted by Crippen LogP contribution is 2.24. The molecular weight excluding hydrogens is 488 g/mol. The average Bonchev–Trinajstić information content (AvgIpc) is 3.40. The number of hydrogen-bond donors (Lipinski definition) is 3. The molecule has 4 rings (SSSR count). The second-order valence-corrected chi connectivity index (χ2v) is 11.8. The number of sulfonamides is 1. The molecule has 1 aliphatic rings. The average molecular weight is 526 g/mol. The van der Waals surface area contributed by atoms with Gasteiger partial charge >= 0.3 is 0 Å². The predicted octanol–water partition coefficient (Wildman–Crippen LogP) is 4.82. The quantitative estimate of drug-likeness (QED) is 0.346. The van der Waals surface area contributed by atoms with E-state index in [1.807, 2.05) is 31.2 Å². The Hall–Kier alpha value is -3.21. The number of nitrogens with zero attached hydrogens (tertiary/aromatic N) is 3. The van der Waals surface area contributed by atoms with Crippen molar-refractivity contribution >= 4 is 33.2 Å². The number of anilines is 4. The fourth-order valence-electron chi connectivity index (χ4n) is 3.90. The van der Waals surface area contributed by atoms with Gasteiger partial charge in [-0.1, -0.05) is 6.07 Å². The van der Waals surface area contributed by atoms with Crippen LogP contribution in [0.4, 0.5) is 23.1 Å². The van der Waals surface area contributed by atoms with Crippen LogP contribution in [-0.4, -0.2) is 55.0 Å². The fraction of sp³-hybridized carbons (Fsp3) is 0.407. The van der Waals surface area contributed by atoms with Gasteiger partial charge in [-0.25, -0.2) is 18.1 Å². The van der Waals surface area contributed by atoms with Crippen LogP contribution in [0.5, 0.6) is 5.75 Å². The minimum Gasteiger partial charge on any atom is -0.492 e. The van der Waals surface area contributed by atoms with E-state index in [0.717, 1.165) is 37.2 Å².